The molecule has 0 aromatic rings. The number of hydrogen-bond donors (Lipinski definition) is 1. The van der Waals surface area contributed by atoms with E-state index in [4.69, 9.17) is 5.11 Å². The molecule has 1 aliphatic rings. The first-order valence-electron chi connectivity index (χ1n) is 7.48. The van der Waals surface area contributed by atoms with Gasteiger partial charge in [-0.1, -0.05) is 51.4 Å². The lowest BCUT2D eigenvalue weighted by atomic mass is 9.80. The molecule has 1 atom stereocenters. The van der Waals surface area contributed by atoms with Crippen LogP contribution in [0.3, 0.4) is 0 Å². The molecule has 100 valence electrons. The molecule has 0 aliphatic heterocycles. The second kappa shape index (κ2) is 9.64. The smallest absolute Gasteiger partial charge is 0.136 e. The third kappa shape index (κ3) is 6.82. The Kier molecular flexibility index (Phi) is 8.33. The maximum atomic E-state index is 11.1. The Hall–Kier alpha value is -0.370. The van der Waals surface area contributed by atoms with Crippen LogP contribution in [-0.4, -0.2) is 17.5 Å². The quantitative estimate of drug-likeness (QED) is 0.557. The van der Waals surface area contributed by atoms with Crippen LogP contribution in [-0.2, 0) is 4.79 Å². The highest BCUT2D eigenvalue weighted by Crippen LogP contribution is 2.27. The van der Waals surface area contributed by atoms with Gasteiger partial charge >= 0.3 is 0 Å². The summed E-state index contributed by atoms with van der Waals surface area (Å²) in [4.78, 5) is 11.1. The first kappa shape index (κ1) is 14.7. The lowest BCUT2D eigenvalue weighted by molar-refractivity contribution is -0.129. The van der Waals surface area contributed by atoms with Crippen molar-refractivity contribution in [2.75, 3.05) is 6.61 Å². The average Bonchev–Trinajstić information content (AvgIpc) is 2.34. The fourth-order valence-electron chi connectivity index (χ4n) is 2.51. The van der Waals surface area contributed by atoms with Crippen LogP contribution in [0.25, 0.3) is 0 Å². The zero-order chi connectivity index (χ0) is 12.3. The largest absolute Gasteiger partial charge is 0.396 e. The number of ketones is 1. The molecule has 0 spiro atoms. The first-order chi connectivity index (χ1) is 8.34. The third-order valence-corrected chi connectivity index (χ3v) is 3.91. The number of carbonyl (C=O) groups is 1. The summed E-state index contributed by atoms with van der Waals surface area (Å²) in [6.07, 6.45) is 14.5. The molecule has 0 radical (unpaired) electrons. The van der Waals surface area contributed by atoms with Crippen LogP contribution in [0, 0.1) is 5.92 Å². The minimum absolute atomic E-state index is 0.347. The molecule has 0 amide bonds. The monoisotopic (exact) mass is 240 g/mol. The van der Waals surface area contributed by atoms with Crippen molar-refractivity contribution in [3.05, 3.63) is 0 Å². The third-order valence-electron chi connectivity index (χ3n) is 3.91. The Morgan fingerprint density at radius 3 is 1.82 bits per heavy atom. The second-order valence-corrected chi connectivity index (χ2v) is 5.40. The summed E-state index contributed by atoms with van der Waals surface area (Å²) in [5.41, 5.74) is 0. The number of aliphatic hydroxyl groups excluding tert-OH is 1. The van der Waals surface area contributed by atoms with Crippen molar-refractivity contribution in [2.24, 2.45) is 5.92 Å². The van der Waals surface area contributed by atoms with Crippen molar-refractivity contribution >= 4 is 5.78 Å². The van der Waals surface area contributed by atoms with Crippen molar-refractivity contribution in [3.8, 4) is 0 Å². The van der Waals surface area contributed by atoms with E-state index in [9.17, 15) is 4.79 Å². The predicted molar refractivity (Wildman–Crippen MR) is 71.0 cm³/mol. The molecule has 2 nitrogen and oxygen atoms in total. The Bertz CT molecular complexity index is 201. The Morgan fingerprint density at radius 2 is 1.41 bits per heavy atom. The van der Waals surface area contributed by atoms with Gasteiger partial charge < -0.3 is 5.11 Å². The van der Waals surface area contributed by atoms with Gasteiger partial charge in [-0.25, -0.2) is 0 Å². The minimum atomic E-state index is 0.347. The topological polar surface area (TPSA) is 37.3 Å². The number of rotatable bonds is 11. The summed E-state index contributed by atoms with van der Waals surface area (Å²) in [7, 11) is 0. The van der Waals surface area contributed by atoms with Crippen LogP contribution in [0.1, 0.15) is 77.0 Å². The Labute approximate surface area is 106 Å². The fraction of sp³-hybridized carbons (Fsp3) is 0.933. The molecular weight excluding hydrogens is 212 g/mol. The first-order valence-corrected chi connectivity index (χ1v) is 7.48. The lowest BCUT2D eigenvalue weighted by Gasteiger charge is -2.23. The molecule has 1 N–H and O–H groups in total. The maximum absolute atomic E-state index is 11.1. The number of unbranched alkanes of at least 4 members (excludes halogenated alkanes) is 8. The van der Waals surface area contributed by atoms with Crippen LogP contribution >= 0.6 is 0 Å². The SMILES string of the molecule is O=C1CCC1CCCCCCCCCCCO. The van der Waals surface area contributed by atoms with E-state index < -0.39 is 0 Å². The summed E-state index contributed by atoms with van der Waals surface area (Å²) < 4.78 is 0. The summed E-state index contributed by atoms with van der Waals surface area (Å²) in [5, 5.41) is 8.63. The molecular formula is C15H28O2. The van der Waals surface area contributed by atoms with Crippen LogP contribution in [0.5, 0.6) is 0 Å². The standard InChI is InChI=1S/C15H28O2/c16-13-9-7-5-3-1-2-4-6-8-10-14-11-12-15(14)17/h14,16H,1-13H2. The number of Topliss-reactive ketones (excluding diaryl/α,β-unsaturated/α-hetero) is 1. The molecule has 1 fully saturated rings. The predicted octanol–water partition coefficient (Wildman–Crippen LogP) is 3.86. The van der Waals surface area contributed by atoms with Crippen LogP contribution in [0.4, 0.5) is 0 Å². The molecule has 0 bridgehead atoms. The van der Waals surface area contributed by atoms with E-state index in [2.05, 4.69) is 0 Å². The minimum Gasteiger partial charge on any atom is -0.396 e. The van der Waals surface area contributed by atoms with Crippen molar-refractivity contribution in [1.82, 2.24) is 0 Å². The van der Waals surface area contributed by atoms with Gasteiger partial charge in [0.15, 0.2) is 0 Å². The number of carbonyl (C=O) groups excluding carboxylic acids is 1. The molecule has 0 aromatic carbocycles. The van der Waals surface area contributed by atoms with E-state index in [1.54, 1.807) is 0 Å². The van der Waals surface area contributed by atoms with Gasteiger partial charge in [-0.2, -0.15) is 0 Å². The second-order valence-electron chi connectivity index (χ2n) is 5.40. The molecule has 1 saturated carbocycles. The van der Waals surface area contributed by atoms with Crippen molar-refractivity contribution in [2.45, 2.75) is 77.0 Å². The number of aliphatic hydroxyl groups is 1. The molecule has 1 unspecified atom stereocenters. The van der Waals surface area contributed by atoms with Gasteiger partial charge in [0, 0.05) is 18.9 Å². The van der Waals surface area contributed by atoms with E-state index in [0.717, 1.165) is 25.7 Å². The van der Waals surface area contributed by atoms with Crippen LogP contribution in [0.2, 0.25) is 0 Å². The van der Waals surface area contributed by atoms with E-state index in [1.165, 1.54) is 51.4 Å². The highest BCUT2D eigenvalue weighted by atomic mass is 16.2. The van der Waals surface area contributed by atoms with Gasteiger partial charge in [-0.15, -0.1) is 0 Å². The summed E-state index contributed by atoms with van der Waals surface area (Å²) >= 11 is 0. The number of hydrogen-bond acceptors (Lipinski definition) is 2. The zero-order valence-electron chi connectivity index (χ0n) is 11.1. The normalized spacial score (nSPS) is 19.4. The van der Waals surface area contributed by atoms with E-state index in [-0.39, 0.29) is 0 Å². The van der Waals surface area contributed by atoms with Gasteiger partial charge in [0.25, 0.3) is 0 Å². The zero-order valence-corrected chi connectivity index (χ0v) is 11.1. The van der Waals surface area contributed by atoms with Crippen LogP contribution < -0.4 is 0 Å². The summed E-state index contributed by atoms with van der Waals surface area (Å²) in [6.45, 7) is 0.347. The summed E-state index contributed by atoms with van der Waals surface area (Å²) in [6, 6.07) is 0. The van der Waals surface area contributed by atoms with Gasteiger partial charge in [-0.05, 0) is 19.3 Å². The molecule has 1 rings (SSSR count). The highest BCUT2D eigenvalue weighted by Gasteiger charge is 2.26. The lowest BCUT2D eigenvalue weighted by Crippen LogP contribution is -2.25. The van der Waals surface area contributed by atoms with Gasteiger partial charge in [-0.3, -0.25) is 4.79 Å². The fourth-order valence-corrected chi connectivity index (χ4v) is 2.51. The molecule has 0 heterocycles. The summed E-state index contributed by atoms with van der Waals surface area (Å²) in [5.74, 6) is 0.947. The van der Waals surface area contributed by atoms with E-state index in [1.807, 2.05) is 0 Å². The molecule has 0 saturated heterocycles. The maximum Gasteiger partial charge on any atom is 0.136 e. The Morgan fingerprint density at radius 1 is 0.882 bits per heavy atom. The molecule has 17 heavy (non-hydrogen) atoms. The van der Waals surface area contributed by atoms with E-state index >= 15 is 0 Å². The van der Waals surface area contributed by atoms with E-state index in [0.29, 0.717) is 18.3 Å². The van der Waals surface area contributed by atoms with Crippen LogP contribution in [0.15, 0.2) is 0 Å². The van der Waals surface area contributed by atoms with Gasteiger partial charge in [0.05, 0.1) is 0 Å². The highest BCUT2D eigenvalue weighted by molar-refractivity contribution is 5.86. The molecule has 0 aromatic heterocycles. The van der Waals surface area contributed by atoms with Crippen molar-refractivity contribution in [1.29, 1.82) is 0 Å². The molecule has 2 heteroatoms. The molecule has 1 aliphatic carbocycles. The van der Waals surface area contributed by atoms with Crippen molar-refractivity contribution < 1.29 is 9.90 Å². The van der Waals surface area contributed by atoms with Crippen molar-refractivity contribution in [3.63, 3.8) is 0 Å². The van der Waals surface area contributed by atoms with Gasteiger partial charge in [0.2, 0.25) is 0 Å². The average molecular weight is 240 g/mol. The van der Waals surface area contributed by atoms with Gasteiger partial charge in [0.1, 0.15) is 5.78 Å². The Balaban J connectivity index is 1.71.